The average Bonchev–Trinajstić information content (AvgIpc) is 2.70. The first-order valence-corrected chi connectivity index (χ1v) is 6.86. The van der Waals surface area contributed by atoms with Crippen LogP contribution in [0.3, 0.4) is 0 Å². The zero-order valence-corrected chi connectivity index (χ0v) is 10.5. The molecular weight excluding hydrogens is 212 g/mol. The molecule has 1 aromatic rings. The van der Waals surface area contributed by atoms with Gasteiger partial charge in [-0.05, 0) is 25.7 Å². The lowest BCUT2D eigenvalue weighted by atomic mass is 9.82. The van der Waals surface area contributed by atoms with Gasteiger partial charge < -0.3 is 0 Å². The van der Waals surface area contributed by atoms with E-state index in [1.165, 1.54) is 37.8 Å². The predicted octanol–water partition coefficient (Wildman–Crippen LogP) is 2.99. The molecule has 2 aliphatic carbocycles. The van der Waals surface area contributed by atoms with Crippen molar-refractivity contribution in [2.75, 3.05) is 0 Å². The number of hydrogen-bond donors (Lipinski definition) is 0. The average molecular weight is 232 g/mol. The first-order valence-electron chi connectivity index (χ1n) is 6.86. The van der Waals surface area contributed by atoms with Gasteiger partial charge in [0.15, 0.2) is 5.78 Å². The molecule has 0 bridgehead atoms. The molecule has 0 N–H and O–H groups in total. The molecule has 0 atom stereocenters. The Hall–Kier alpha value is -1.12. The summed E-state index contributed by atoms with van der Waals surface area (Å²) in [6.07, 6.45) is 9.12. The third-order valence-electron chi connectivity index (χ3n) is 4.28. The number of carbonyl (C=O) groups excluding carboxylic acids is 1. The van der Waals surface area contributed by atoms with E-state index in [2.05, 4.69) is 5.10 Å². The molecule has 0 saturated heterocycles. The van der Waals surface area contributed by atoms with Crippen LogP contribution in [0.2, 0.25) is 0 Å². The second-order valence-electron chi connectivity index (χ2n) is 5.44. The van der Waals surface area contributed by atoms with Crippen molar-refractivity contribution in [3.05, 3.63) is 17.0 Å². The Labute approximate surface area is 102 Å². The van der Waals surface area contributed by atoms with E-state index in [0.717, 1.165) is 30.5 Å². The molecule has 1 fully saturated rings. The monoisotopic (exact) mass is 232 g/mol. The molecule has 1 aromatic heterocycles. The second-order valence-corrected chi connectivity index (χ2v) is 5.44. The number of ketones is 1. The van der Waals surface area contributed by atoms with E-state index in [1.54, 1.807) is 0 Å². The summed E-state index contributed by atoms with van der Waals surface area (Å²) in [5.74, 6) is 0.876. The van der Waals surface area contributed by atoms with Gasteiger partial charge in [-0.15, -0.1) is 0 Å². The fourth-order valence-corrected chi connectivity index (χ4v) is 3.38. The number of Topliss-reactive ketones (excluding diaryl/α,β-unsaturated/α-hetero) is 1. The van der Waals surface area contributed by atoms with Gasteiger partial charge in [-0.1, -0.05) is 19.3 Å². The maximum atomic E-state index is 12.1. The van der Waals surface area contributed by atoms with E-state index in [0.29, 0.717) is 11.7 Å². The van der Waals surface area contributed by atoms with Crippen LogP contribution in [0.1, 0.15) is 72.6 Å². The molecule has 2 aliphatic rings. The molecule has 3 heteroatoms. The molecule has 0 aliphatic heterocycles. The zero-order chi connectivity index (χ0) is 11.8. The highest BCUT2D eigenvalue weighted by atomic mass is 16.1. The van der Waals surface area contributed by atoms with Crippen molar-refractivity contribution in [1.29, 1.82) is 0 Å². The van der Waals surface area contributed by atoms with Crippen LogP contribution in [0.5, 0.6) is 0 Å². The van der Waals surface area contributed by atoms with Crippen LogP contribution in [-0.2, 0) is 13.5 Å². The van der Waals surface area contributed by atoms with E-state index < -0.39 is 0 Å². The summed E-state index contributed by atoms with van der Waals surface area (Å²) in [6, 6.07) is 0. The fourth-order valence-electron chi connectivity index (χ4n) is 3.38. The summed E-state index contributed by atoms with van der Waals surface area (Å²) in [7, 11) is 1.99. The lowest BCUT2D eigenvalue weighted by Crippen LogP contribution is -2.15. The highest BCUT2D eigenvalue weighted by Gasteiger charge is 2.30. The van der Waals surface area contributed by atoms with Crippen molar-refractivity contribution < 1.29 is 4.79 Å². The standard InChI is InChI=1S/C14H20N2O/c1-16-11-8-5-9-12(17)13(11)14(15-16)10-6-3-2-4-7-10/h10H,2-9H2,1H3. The lowest BCUT2D eigenvalue weighted by molar-refractivity contribution is 0.0970. The molecule has 0 amide bonds. The number of fused-ring (bicyclic) bond motifs is 1. The summed E-state index contributed by atoms with van der Waals surface area (Å²) in [4.78, 5) is 12.1. The Morgan fingerprint density at radius 2 is 1.88 bits per heavy atom. The van der Waals surface area contributed by atoms with E-state index in [4.69, 9.17) is 0 Å². The van der Waals surface area contributed by atoms with Crippen LogP contribution in [-0.4, -0.2) is 15.6 Å². The minimum atomic E-state index is 0.333. The molecular formula is C14H20N2O. The Morgan fingerprint density at radius 1 is 1.12 bits per heavy atom. The Kier molecular flexibility index (Phi) is 2.77. The summed E-state index contributed by atoms with van der Waals surface area (Å²) in [6.45, 7) is 0. The third kappa shape index (κ3) is 1.81. The van der Waals surface area contributed by atoms with Crippen molar-refractivity contribution in [2.24, 2.45) is 7.05 Å². The van der Waals surface area contributed by atoms with Crippen LogP contribution in [0.25, 0.3) is 0 Å². The summed E-state index contributed by atoms with van der Waals surface area (Å²) >= 11 is 0. The quantitative estimate of drug-likeness (QED) is 0.746. The first-order chi connectivity index (χ1) is 8.27. The van der Waals surface area contributed by atoms with Crippen molar-refractivity contribution in [3.8, 4) is 0 Å². The highest BCUT2D eigenvalue weighted by molar-refractivity contribution is 5.99. The highest BCUT2D eigenvalue weighted by Crippen LogP contribution is 2.36. The molecule has 17 heavy (non-hydrogen) atoms. The van der Waals surface area contributed by atoms with Crippen molar-refractivity contribution >= 4 is 5.78 Å². The van der Waals surface area contributed by atoms with Crippen LogP contribution >= 0.6 is 0 Å². The zero-order valence-electron chi connectivity index (χ0n) is 10.5. The van der Waals surface area contributed by atoms with E-state index in [9.17, 15) is 4.79 Å². The minimum Gasteiger partial charge on any atom is -0.294 e. The van der Waals surface area contributed by atoms with Crippen molar-refractivity contribution in [1.82, 2.24) is 9.78 Å². The number of hydrogen-bond acceptors (Lipinski definition) is 2. The SMILES string of the molecule is Cn1nc(C2CCCCC2)c2c1CCCC2=O. The van der Waals surface area contributed by atoms with Crippen LogP contribution < -0.4 is 0 Å². The summed E-state index contributed by atoms with van der Waals surface area (Å²) in [5, 5.41) is 4.66. The molecule has 0 radical (unpaired) electrons. The number of carbonyl (C=O) groups is 1. The van der Waals surface area contributed by atoms with Gasteiger partial charge in [0.2, 0.25) is 0 Å². The molecule has 3 rings (SSSR count). The number of aromatic nitrogens is 2. The molecule has 1 heterocycles. The maximum absolute atomic E-state index is 12.1. The van der Waals surface area contributed by atoms with Gasteiger partial charge in [0.1, 0.15) is 0 Å². The number of rotatable bonds is 1. The molecule has 0 spiro atoms. The fraction of sp³-hybridized carbons (Fsp3) is 0.714. The van der Waals surface area contributed by atoms with Gasteiger partial charge in [0.05, 0.1) is 11.3 Å². The molecule has 3 nitrogen and oxygen atoms in total. The number of aryl methyl sites for hydroxylation is 1. The van der Waals surface area contributed by atoms with E-state index >= 15 is 0 Å². The van der Waals surface area contributed by atoms with Crippen LogP contribution in [0.4, 0.5) is 0 Å². The van der Waals surface area contributed by atoms with Gasteiger partial charge in [-0.3, -0.25) is 9.48 Å². The normalized spacial score (nSPS) is 21.6. The lowest BCUT2D eigenvalue weighted by Gasteiger charge is -2.21. The van der Waals surface area contributed by atoms with Crippen molar-refractivity contribution in [2.45, 2.75) is 57.3 Å². The van der Waals surface area contributed by atoms with Gasteiger partial charge in [-0.2, -0.15) is 5.10 Å². The van der Waals surface area contributed by atoms with Gasteiger partial charge in [0.25, 0.3) is 0 Å². The second kappa shape index (κ2) is 4.28. The molecule has 92 valence electrons. The maximum Gasteiger partial charge on any atom is 0.166 e. The third-order valence-corrected chi connectivity index (χ3v) is 4.28. The van der Waals surface area contributed by atoms with E-state index in [-0.39, 0.29) is 0 Å². The van der Waals surface area contributed by atoms with Gasteiger partial charge in [-0.25, -0.2) is 0 Å². The van der Waals surface area contributed by atoms with Gasteiger partial charge in [0, 0.05) is 25.1 Å². The molecule has 1 saturated carbocycles. The molecule has 0 unspecified atom stereocenters. The van der Waals surface area contributed by atoms with E-state index in [1.807, 2.05) is 11.7 Å². The Bertz CT molecular complexity index is 441. The summed E-state index contributed by atoms with van der Waals surface area (Å²) in [5.41, 5.74) is 3.29. The Morgan fingerprint density at radius 3 is 2.65 bits per heavy atom. The topological polar surface area (TPSA) is 34.9 Å². The Balaban J connectivity index is 2.01. The van der Waals surface area contributed by atoms with Crippen LogP contribution in [0.15, 0.2) is 0 Å². The minimum absolute atomic E-state index is 0.333. The van der Waals surface area contributed by atoms with Crippen LogP contribution in [0, 0.1) is 0 Å². The van der Waals surface area contributed by atoms with Gasteiger partial charge >= 0.3 is 0 Å². The first kappa shape index (κ1) is 11.0. The summed E-state index contributed by atoms with van der Waals surface area (Å²) < 4.78 is 1.95. The largest absolute Gasteiger partial charge is 0.294 e. The number of nitrogens with zero attached hydrogens (tertiary/aromatic N) is 2. The smallest absolute Gasteiger partial charge is 0.166 e. The predicted molar refractivity (Wildman–Crippen MR) is 66.3 cm³/mol. The molecule has 0 aromatic carbocycles. The van der Waals surface area contributed by atoms with Crippen molar-refractivity contribution in [3.63, 3.8) is 0 Å².